The highest BCUT2D eigenvalue weighted by atomic mass is 16.2. The Morgan fingerprint density at radius 3 is 2.40 bits per heavy atom. The predicted octanol–water partition coefficient (Wildman–Crippen LogP) is 5.37. The Bertz CT molecular complexity index is 1130. The highest BCUT2D eigenvalue weighted by molar-refractivity contribution is 5.99. The third-order valence-electron chi connectivity index (χ3n) is 4.96. The molecule has 0 amide bonds. The van der Waals surface area contributed by atoms with Gasteiger partial charge in [0.05, 0.1) is 5.69 Å². The summed E-state index contributed by atoms with van der Waals surface area (Å²) in [4.78, 5) is 17.9. The van der Waals surface area contributed by atoms with Gasteiger partial charge >= 0.3 is 0 Å². The van der Waals surface area contributed by atoms with Gasteiger partial charge in [0.25, 0.3) is 5.91 Å². The predicted molar refractivity (Wildman–Crippen MR) is 119 cm³/mol. The van der Waals surface area contributed by atoms with Crippen molar-refractivity contribution in [1.82, 2.24) is 14.8 Å². The van der Waals surface area contributed by atoms with E-state index in [9.17, 15) is 4.79 Å². The molecular formula is C25H24N4O. The van der Waals surface area contributed by atoms with Crippen molar-refractivity contribution in [1.29, 1.82) is 0 Å². The minimum absolute atomic E-state index is 0.156. The van der Waals surface area contributed by atoms with Gasteiger partial charge in [-0.05, 0) is 35.2 Å². The second-order valence-electron chi connectivity index (χ2n) is 7.43. The van der Waals surface area contributed by atoms with Crippen molar-refractivity contribution in [3.05, 3.63) is 102 Å². The van der Waals surface area contributed by atoms with Crippen LogP contribution >= 0.6 is 0 Å². The van der Waals surface area contributed by atoms with E-state index in [1.807, 2.05) is 78.9 Å². The quantitative estimate of drug-likeness (QED) is 0.476. The molecule has 5 heteroatoms. The molecule has 1 N–H and O–H groups in total. The molecular weight excluding hydrogens is 372 g/mol. The van der Waals surface area contributed by atoms with Crippen molar-refractivity contribution in [3.8, 4) is 11.4 Å². The molecule has 0 bridgehead atoms. The topological polar surface area (TPSA) is 59.8 Å². The summed E-state index contributed by atoms with van der Waals surface area (Å²) in [7, 11) is 0. The fourth-order valence-corrected chi connectivity index (χ4v) is 3.40. The van der Waals surface area contributed by atoms with Crippen LogP contribution in [-0.4, -0.2) is 20.7 Å². The van der Waals surface area contributed by atoms with Crippen LogP contribution in [0.5, 0.6) is 0 Å². The molecule has 0 radical (unpaired) electrons. The first-order valence-corrected chi connectivity index (χ1v) is 10.1. The number of rotatable bonds is 6. The van der Waals surface area contributed by atoms with Crippen LogP contribution in [0.25, 0.3) is 11.4 Å². The minimum Gasteiger partial charge on any atom is -0.366 e. The van der Waals surface area contributed by atoms with Crippen molar-refractivity contribution in [2.24, 2.45) is 0 Å². The highest BCUT2D eigenvalue weighted by Crippen LogP contribution is 2.25. The number of hydrogen-bond acceptors (Lipinski definition) is 4. The number of carbonyl (C=O) groups excluding carboxylic acids is 1. The van der Waals surface area contributed by atoms with Crippen molar-refractivity contribution >= 4 is 11.7 Å². The number of carbonyl (C=O) groups is 1. The monoisotopic (exact) mass is 396 g/mol. The van der Waals surface area contributed by atoms with Crippen LogP contribution in [0, 0.1) is 0 Å². The van der Waals surface area contributed by atoms with Crippen LogP contribution in [0.3, 0.4) is 0 Å². The molecule has 0 atom stereocenters. The maximum Gasteiger partial charge on any atom is 0.280 e. The fraction of sp³-hybridized carbons (Fsp3) is 0.160. The lowest BCUT2D eigenvalue weighted by Gasteiger charge is -2.13. The maximum atomic E-state index is 13.5. The van der Waals surface area contributed by atoms with Gasteiger partial charge in [-0.1, -0.05) is 68.4 Å². The van der Waals surface area contributed by atoms with Gasteiger partial charge in [0, 0.05) is 24.4 Å². The van der Waals surface area contributed by atoms with Gasteiger partial charge in [-0.15, -0.1) is 0 Å². The SMILES string of the molecule is CC(C)c1ccccc1C(=O)n1nc(-c2ccccn2)cc1NCc1ccccc1. The van der Waals surface area contributed by atoms with Gasteiger partial charge in [-0.3, -0.25) is 9.78 Å². The molecule has 5 nitrogen and oxygen atoms in total. The van der Waals surface area contributed by atoms with E-state index in [1.54, 1.807) is 6.20 Å². The third kappa shape index (κ3) is 4.15. The first-order valence-electron chi connectivity index (χ1n) is 10.1. The van der Waals surface area contributed by atoms with Crippen molar-refractivity contribution in [2.75, 3.05) is 5.32 Å². The largest absolute Gasteiger partial charge is 0.366 e. The molecule has 0 aliphatic rings. The number of nitrogens with one attached hydrogen (secondary N) is 1. The van der Waals surface area contributed by atoms with Gasteiger partial charge < -0.3 is 5.32 Å². The summed E-state index contributed by atoms with van der Waals surface area (Å²) in [6.45, 7) is 4.76. The highest BCUT2D eigenvalue weighted by Gasteiger charge is 2.20. The van der Waals surface area contributed by atoms with E-state index >= 15 is 0 Å². The molecule has 2 aromatic heterocycles. The molecule has 2 heterocycles. The van der Waals surface area contributed by atoms with Crippen LogP contribution in [0.1, 0.15) is 41.3 Å². The Balaban J connectivity index is 1.73. The zero-order chi connectivity index (χ0) is 20.9. The van der Waals surface area contributed by atoms with E-state index in [0.29, 0.717) is 23.6 Å². The maximum absolute atomic E-state index is 13.5. The molecule has 0 fully saturated rings. The number of aromatic nitrogens is 3. The van der Waals surface area contributed by atoms with E-state index in [2.05, 4.69) is 29.2 Å². The number of pyridine rings is 1. The zero-order valence-electron chi connectivity index (χ0n) is 17.1. The Kier molecular flexibility index (Phi) is 5.70. The second kappa shape index (κ2) is 8.74. The Morgan fingerprint density at radius 2 is 1.67 bits per heavy atom. The molecule has 0 unspecified atom stereocenters. The number of benzene rings is 2. The lowest BCUT2D eigenvalue weighted by Crippen LogP contribution is -2.19. The van der Waals surface area contributed by atoms with Gasteiger partial charge in [0.1, 0.15) is 11.5 Å². The summed E-state index contributed by atoms with van der Waals surface area (Å²) >= 11 is 0. The smallest absolute Gasteiger partial charge is 0.280 e. The van der Waals surface area contributed by atoms with Gasteiger partial charge in [-0.2, -0.15) is 9.78 Å². The first kappa shape index (κ1) is 19.6. The summed E-state index contributed by atoms with van der Waals surface area (Å²) in [5.74, 6) is 0.719. The number of anilines is 1. The Labute approximate surface area is 176 Å². The standard InChI is InChI=1S/C25H24N4O/c1-18(2)20-12-6-7-13-21(20)25(30)29-24(27-17-19-10-4-3-5-11-19)16-23(28-29)22-14-8-9-15-26-22/h3-16,18,27H,17H2,1-2H3. The fourth-order valence-electron chi connectivity index (χ4n) is 3.40. The minimum atomic E-state index is -0.156. The van der Waals surface area contributed by atoms with Crippen LogP contribution in [-0.2, 0) is 6.54 Å². The van der Waals surface area contributed by atoms with E-state index in [0.717, 1.165) is 16.8 Å². The Morgan fingerprint density at radius 1 is 0.933 bits per heavy atom. The first-order chi connectivity index (χ1) is 14.6. The normalized spacial score (nSPS) is 10.9. The third-order valence-corrected chi connectivity index (χ3v) is 4.96. The molecule has 4 rings (SSSR count). The lowest BCUT2D eigenvalue weighted by molar-refractivity contribution is 0.0946. The molecule has 0 spiro atoms. The van der Waals surface area contributed by atoms with E-state index in [1.165, 1.54) is 4.68 Å². The van der Waals surface area contributed by atoms with Crippen LogP contribution in [0.15, 0.2) is 85.1 Å². The summed E-state index contributed by atoms with van der Waals surface area (Å²) in [6, 6.07) is 25.3. The van der Waals surface area contributed by atoms with Crippen molar-refractivity contribution in [2.45, 2.75) is 26.3 Å². The van der Waals surface area contributed by atoms with Crippen LogP contribution in [0.2, 0.25) is 0 Å². The average molecular weight is 396 g/mol. The molecule has 0 saturated heterocycles. The van der Waals surface area contributed by atoms with E-state index in [-0.39, 0.29) is 11.8 Å². The van der Waals surface area contributed by atoms with Crippen LogP contribution in [0.4, 0.5) is 5.82 Å². The van der Waals surface area contributed by atoms with Gasteiger partial charge in [0.2, 0.25) is 0 Å². The summed E-state index contributed by atoms with van der Waals surface area (Å²) in [5, 5.41) is 7.98. The average Bonchev–Trinajstić information content (AvgIpc) is 3.23. The van der Waals surface area contributed by atoms with Crippen molar-refractivity contribution in [3.63, 3.8) is 0 Å². The molecule has 0 saturated carbocycles. The van der Waals surface area contributed by atoms with Crippen molar-refractivity contribution < 1.29 is 4.79 Å². The van der Waals surface area contributed by atoms with Gasteiger partial charge in [-0.25, -0.2) is 0 Å². The van der Waals surface area contributed by atoms with E-state index < -0.39 is 0 Å². The molecule has 2 aromatic carbocycles. The lowest BCUT2D eigenvalue weighted by atomic mass is 9.97. The molecule has 4 aromatic rings. The number of hydrogen-bond donors (Lipinski definition) is 1. The molecule has 0 aliphatic carbocycles. The zero-order valence-corrected chi connectivity index (χ0v) is 17.1. The summed E-state index contributed by atoms with van der Waals surface area (Å²) in [6.07, 6.45) is 1.72. The second-order valence-corrected chi connectivity index (χ2v) is 7.43. The molecule has 30 heavy (non-hydrogen) atoms. The Hall–Kier alpha value is -3.73. The summed E-state index contributed by atoms with van der Waals surface area (Å²) < 4.78 is 1.45. The van der Waals surface area contributed by atoms with Crippen LogP contribution < -0.4 is 5.32 Å². The number of nitrogens with zero attached hydrogens (tertiary/aromatic N) is 3. The molecule has 0 aliphatic heterocycles. The van der Waals surface area contributed by atoms with Gasteiger partial charge in [0.15, 0.2) is 0 Å². The summed E-state index contributed by atoms with van der Waals surface area (Å²) in [5.41, 5.74) is 4.17. The molecule has 150 valence electrons. The van der Waals surface area contributed by atoms with E-state index in [4.69, 9.17) is 0 Å².